The predicted octanol–water partition coefficient (Wildman–Crippen LogP) is 3.56. The predicted molar refractivity (Wildman–Crippen MR) is 99.5 cm³/mol. The first kappa shape index (κ1) is 21.4. The summed E-state index contributed by atoms with van der Waals surface area (Å²) in [6.07, 6.45) is 5.07. The molecule has 3 nitrogen and oxygen atoms in total. The van der Waals surface area contributed by atoms with E-state index in [1.165, 1.54) is 56.4 Å². The van der Waals surface area contributed by atoms with E-state index in [0.717, 1.165) is 13.1 Å². The summed E-state index contributed by atoms with van der Waals surface area (Å²) >= 11 is 0. The van der Waals surface area contributed by atoms with Crippen molar-refractivity contribution in [1.82, 2.24) is 10.2 Å². The molecule has 22 heavy (non-hydrogen) atoms. The van der Waals surface area contributed by atoms with Crippen LogP contribution in [0.1, 0.15) is 50.7 Å². The zero-order valence-corrected chi connectivity index (χ0v) is 15.1. The molecule has 128 valence electrons. The molecule has 0 spiro atoms. The van der Waals surface area contributed by atoms with Crippen molar-refractivity contribution in [2.75, 3.05) is 26.2 Å². The zero-order valence-electron chi connectivity index (χ0n) is 14.3. The molecule has 4 heteroatoms. The molecule has 0 atom stereocenters. The first-order valence-electron chi connectivity index (χ1n) is 8.51. The van der Waals surface area contributed by atoms with Crippen LogP contribution in [0.2, 0.25) is 0 Å². The summed E-state index contributed by atoms with van der Waals surface area (Å²) < 4.78 is 0. The Kier molecular flexibility index (Phi) is 13.6. The van der Waals surface area contributed by atoms with E-state index in [-0.39, 0.29) is 12.4 Å². The minimum atomic E-state index is 0. The second-order valence-electron chi connectivity index (χ2n) is 5.75. The third-order valence-corrected chi connectivity index (χ3v) is 3.75. The summed E-state index contributed by atoms with van der Waals surface area (Å²) in [6.45, 7) is 10.9. The van der Waals surface area contributed by atoms with Gasteiger partial charge in [0.1, 0.15) is 0 Å². The Morgan fingerprint density at radius 3 is 2.05 bits per heavy atom. The van der Waals surface area contributed by atoms with Gasteiger partial charge in [-0.1, -0.05) is 38.1 Å². The number of benzene rings is 1. The molecule has 0 saturated carbocycles. The molecular weight excluding hydrogens is 294 g/mol. The SMILES string of the molecule is CCCN(CCC)CCCCNCc1ccc(CN)cc1.Cl. The van der Waals surface area contributed by atoms with Crippen LogP contribution in [0.5, 0.6) is 0 Å². The van der Waals surface area contributed by atoms with Gasteiger partial charge in [0.25, 0.3) is 0 Å². The summed E-state index contributed by atoms with van der Waals surface area (Å²) in [5.41, 5.74) is 8.14. The number of nitrogens with zero attached hydrogens (tertiary/aromatic N) is 1. The molecule has 0 heterocycles. The van der Waals surface area contributed by atoms with Gasteiger partial charge in [0, 0.05) is 13.1 Å². The highest BCUT2D eigenvalue weighted by Crippen LogP contribution is 2.03. The van der Waals surface area contributed by atoms with Gasteiger partial charge < -0.3 is 16.0 Å². The Bertz CT molecular complexity index is 348. The van der Waals surface area contributed by atoms with Gasteiger partial charge in [0.05, 0.1) is 0 Å². The molecule has 0 aromatic heterocycles. The van der Waals surface area contributed by atoms with Crippen LogP contribution in [0.25, 0.3) is 0 Å². The number of rotatable bonds is 12. The number of nitrogens with one attached hydrogen (secondary N) is 1. The van der Waals surface area contributed by atoms with Crippen LogP contribution >= 0.6 is 12.4 Å². The highest BCUT2D eigenvalue weighted by Gasteiger charge is 2.01. The van der Waals surface area contributed by atoms with E-state index < -0.39 is 0 Å². The maximum atomic E-state index is 5.60. The van der Waals surface area contributed by atoms with Gasteiger partial charge in [-0.05, 0) is 63.0 Å². The van der Waals surface area contributed by atoms with Crippen molar-refractivity contribution in [1.29, 1.82) is 0 Å². The summed E-state index contributed by atoms with van der Waals surface area (Å²) in [7, 11) is 0. The molecule has 0 aliphatic heterocycles. The van der Waals surface area contributed by atoms with E-state index >= 15 is 0 Å². The van der Waals surface area contributed by atoms with Gasteiger partial charge in [-0.3, -0.25) is 0 Å². The molecule has 1 rings (SSSR count). The molecule has 3 N–H and O–H groups in total. The number of unbranched alkanes of at least 4 members (excludes halogenated alkanes) is 1. The van der Waals surface area contributed by atoms with E-state index in [1.54, 1.807) is 0 Å². The van der Waals surface area contributed by atoms with Crippen LogP contribution in [-0.4, -0.2) is 31.1 Å². The lowest BCUT2D eigenvalue weighted by molar-refractivity contribution is 0.268. The Labute approximate surface area is 143 Å². The topological polar surface area (TPSA) is 41.3 Å². The maximum Gasteiger partial charge on any atom is 0.0205 e. The van der Waals surface area contributed by atoms with Crippen LogP contribution in [0.3, 0.4) is 0 Å². The van der Waals surface area contributed by atoms with Gasteiger partial charge in [-0.15, -0.1) is 12.4 Å². The molecule has 0 unspecified atom stereocenters. The Morgan fingerprint density at radius 2 is 1.50 bits per heavy atom. The number of nitrogens with two attached hydrogens (primary N) is 1. The largest absolute Gasteiger partial charge is 0.326 e. The normalized spacial score (nSPS) is 10.7. The fourth-order valence-electron chi connectivity index (χ4n) is 2.58. The fourth-order valence-corrected chi connectivity index (χ4v) is 2.58. The van der Waals surface area contributed by atoms with Crippen LogP contribution < -0.4 is 11.1 Å². The highest BCUT2D eigenvalue weighted by atomic mass is 35.5. The Hall–Kier alpha value is -0.610. The Balaban J connectivity index is 0.00000441. The van der Waals surface area contributed by atoms with Crippen LogP contribution in [0, 0.1) is 0 Å². The summed E-state index contributed by atoms with van der Waals surface area (Å²) in [5.74, 6) is 0. The minimum Gasteiger partial charge on any atom is -0.326 e. The van der Waals surface area contributed by atoms with E-state index in [1.807, 2.05) is 0 Å². The van der Waals surface area contributed by atoms with Crippen molar-refractivity contribution in [3.05, 3.63) is 35.4 Å². The summed E-state index contributed by atoms with van der Waals surface area (Å²) in [6, 6.07) is 8.56. The van der Waals surface area contributed by atoms with Crippen molar-refractivity contribution in [2.45, 2.75) is 52.6 Å². The van der Waals surface area contributed by atoms with Crippen LogP contribution in [0.4, 0.5) is 0 Å². The monoisotopic (exact) mass is 327 g/mol. The Morgan fingerprint density at radius 1 is 0.909 bits per heavy atom. The highest BCUT2D eigenvalue weighted by molar-refractivity contribution is 5.85. The van der Waals surface area contributed by atoms with Crippen LogP contribution in [-0.2, 0) is 13.1 Å². The molecule has 0 radical (unpaired) electrons. The number of hydrogen-bond donors (Lipinski definition) is 2. The van der Waals surface area contributed by atoms with Gasteiger partial charge in [0.15, 0.2) is 0 Å². The smallest absolute Gasteiger partial charge is 0.0205 e. The van der Waals surface area contributed by atoms with Crippen LogP contribution in [0.15, 0.2) is 24.3 Å². The van der Waals surface area contributed by atoms with Gasteiger partial charge in [0.2, 0.25) is 0 Å². The lowest BCUT2D eigenvalue weighted by atomic mass is 10.1. The van der Waals surface area contributed by atoms with E-state index in [2.05, 4.69) is 48.3 Å². The average molecular weight is 328 g/mol. The van der Waals surface area contributed by atoms with Crippen molar-refractivity contribution >= 4 is 12.4 Å². The molecule has 0 bridgehead atoms. The van der Waals surface area contributed by atoms with Crippen molar-refractivity contribution in [2.24, 2.45) is 5.73 Å². The second-order valence-corrected chi connectivity index (χ2v) is 5.75. The quantitative estimate of drug-likeness (QED) is 0.577. The first-order chi connectivity index (χ1) is 10.3. The summed E-state index contributed by atoms with van der Waals surface area (Å²) in [5, 5.41) is 3.53. The zero-order chi connectivity index (χ0) is 15.3. The molecule has 0 fully saturated rings. The lowest BCUT2D eigenvalue weighted by Crippen LogP contribution is -2.27. The molecule has 0 aliphatic rings. The van der Waals surface area contributed by atoms with E-state index in [9.17, 15) is 0 Å². The maximum absolute atomic E-state index is 5.60. The van der Waals surface area contributed by atoms with Gasteiger partial charge in [-0.25, -0.2) is 0 Å². The molecule has 1 aromatic rings. The molecule has 0 amide bonds. The van der Waals surface area contributed by atoms with Crippen molar-refractivity contribution < 1.29 is 0 Å². The fraction of sp³-hybridized carbons (Fsp3) is 0.667. The van der Waals surface area contributed by atoms with Crippen molar-refractivity contribution in [3.63, 3.8) is 0 Å². The average Bonchev–Trinajstić information content (AvgIpc) is 2.51. The minimum absolute atomic E-state index is 0. The standard InChI is InChI=1S/C18H33N3.ClH/c1-3-12-21(13-4-2)14-6-5-11-20-16-18-9-7-17(15-19)8-10-18;/h7-10,20H,3-6,11-16,19H2,1-2H3;1H. The first-order valence-corrected chi connectivity index (χ1v) is 8.51. The van der Waals surface area contributed by atoms with E-state index in [4.69, 9.17) is 5.73 Å². The van der Waals surface area contributed by atoms with Crippen molar-refractivity contribution in [3.8, 4) is 0 Å². The van der Waals surface area contributed by atoms with E-state index in [0.29, 0.717) is 6.54 Å². The molecule has 0 aliphatic carbocycles. The van der Waals surface area contributed by atoms with Gasteiger partial charge in [-0.2, -0.15) is 0 Å². The third kappa shape index (κ3) is 9.42. The number of hydrogen-bond acceptors (Lipinski definition) is 3. The summed E-state index contributed by atoms with van der Waals surface area (Å²) in [4.78, 5) is 2.59. The molecular formula is C18H34ClN3. The third-order valence-electron chi connectivity index (χ3n) is 3.75. The second kappa shape index (κ2) is 14.0. The molecule has 0 saturated heterocycles. The molecule has 1 aromatic carbocycles. The number of halogens is 1. The lowest BCUT2D eigenvalue weighted by Gasteiger charge is -2.20. The van der Waals surface area contributed by atoms with Gasteiger partial charge >= 0.3 is 0 Å².